The molecule has 0 saturated carbocycles. The van der Waals surface area contributed by atoms with E-state index in [0.717, 1.165) is 27.9 Å². The fourth-order valence-electron chi connectivity index (χ4n) is 1.93. The second-order valence-electron chi connectivity index (χ2n) is 4.21. The van der Waals surface area contributed by atoms with Gasteiger partial charge in [0.1, 0.15) is 11.5 Å². The number of halogens is 2. The lowest BCUT2D eigenvalue weighted by Gasteiger charge is -1.96. The van der Waals surface area contributed by atoms with E-state index in [4.69, 9.17) is 11.6 Å². The van der Waals surface area contributed by atoms with Gasteiger partial charge in [0.05, 0.1) is 5.02 Å². The Morgan fingerprint density at radius 1 is 1.22 bits per heavy atom. The van der Waals surface area contributed by atoms with Crippen LogP contribution in [0.1, 0.15) is 5.56 Å². The van der Waals surface area contributed by atoms with Crippen LogP contribution in [0.2, 0.25) is 5.02 Å². The van der Waals surface area contributed by atoms with Crippen molar-refractivity contribution in [1.82, 2.24) is 9.97 Å². The summed E-state index contributed by atoms with van der Waals surface area (Å²) in [5.41, 5.74) is 3.46. The Balaban J connectivity index is 2.19. The van der Waals surface area contributed by atoms with E-state index in [1.165, 1.54) is 12.1 Å². The molecule has 1 N–H and O–H groups in total. The van der Waals surface area contributed by atoms with Crippen LogP contribution < -0.4 is 0 Å². The molecular formula is C14H10ClFN2. The molecular weight excluding hydrogens is 251 g/mol. The summed E-state index contributed by atoms with van der Waals surface area (Å²) in [7, 11) is 0. The normalized spacial score (nSPS) is 11.1. The molecule has 4 heteroatoms. The summed E-state index contributed by atoms with van der Waals surface area (Å²) in [6, 6.07) is 8.24. The Morgan fingerprint density at radius 2 is 1.94 bits per heavy atom. The Kier molecular flexibility index (Phi) is 2.56. The lowest BCUT2D eigenvalue weighted by molar-refractivity contribution is 0.628. The first-order valence-electron chi connectivity index (χ1n) is 5.55. The van der Waals surface area contributed by atoms with E-state index < -0.39 is 0 Å². The summed E-state index contributed by atoms with van der Waals surface area (Å²) < 4.78 is 12.9. The van der Waals surface area contributed by atoms with Crippen molar-refractivity contribution in [2.24, 2.45) is 0 Å². The van der Waals surface area contributed by atoms with Crippen molar-refractivity contribution in [3.63, 3.8) is 0 Å². The Hall–Kier alpha value is -1.87. The lowest BCUT2D eigenvalue weighted by atomic mass is 10.1. The standard InChI is InChI=1S/C14H10ClFN2/c1-8-7-17-14-11(13(8)15)6-12(18-14)9-2-4-10(16)5-3-9/h2-7H,1H3,(H,17,18). The number of rotatable bonds is 1. The van der Waals surface area contributed by atoms with Crippen LogP contribution in [0.3, 0.4) is 0 Å². The molecule has 3 rings (SSSR count). The van der Waals surface area contributed by atoms with Crippen LogP contribution >= 0.6 is 11.6 Å². The van der Waals surface area contributed by atoms with Crippen LogP contribution in [0.4, 0.5) is 4.39 Å². The molecule has 0 saturated heterocycles. The van der Waals surface area contributed by atoms with Crippen molar-refractivity contribution in [3.8, 4) is 11.3 Å². The third-order valence-corrected chi connectivity index (χ3v) is 3.42. The van der Waals surface area contributed by atoms with Gasteiger partial charge in [-0.15, -0.1) is 0 Å². The number of aryl methyl sites for hydroxylation is 1. The van der Waals surface area contributed by atoms with Crippen molar-refractivity contribution in [3.05, 3.63) is 52.9 Å². The van der Waals surface area contributed by atoms with Gasteiger partial charge in [-0.05, 0) is 48.4 Å². The summed E-state index contributed by atoms with van der Waals surface area (Å²) >= 11 is 6.23. The molecule has 1 aromatic carbocycles. The maximum atomic E-state index is 12.9. The first-order valence-corrected chi connectivity index (χ1v) is 5.93. The van der Waals surface area contributed by atoms with Crippen molar-refractivity contribution in [1.29, 1.82) is 0 Å². The fourth-order valence-corrected chi connectivity index (χ4v) is 2.12. The number of fused-ring (bicyclic) bond motifs is 1. The first kappa shape index (κ1) is 11.2. The summed E-state index contributed by atoms with van der Waals surface area (Å²) in [6.45, 7) is 1.92. The summed E-state index contributed by atoms with van der Waals surface area (Å²) in [5, 5.41) is 1.58. The number of H-pyrrole nitrogens is 1. The molecule has 0 atom stereocenters. The average Bonchev–Trinajstić information content (AvgIpc) is 2.80. The molecule has 0 aliphatic heterocycles. The van der Waals surface area contributed by atoms with Crippen molar-refractivity contribution in [2.75, 3.05) is 0 Å². The smallest absolute Gasteiger partial charge is 0.139 e. The van der Waals surface area contributed by atoms with E-state index in [1.54, 1.807) is 18.3 Å². The third kappa shape index (κ3) is 1.77. The van der Waals surface area contributed by atoms with Gasteiger partial charge in [0.25, 0.3) is 0 Å². The second kappa shape index (κ2) is 4.10. The molecule has 90 valence electrons. The molecule has 3 aromatic rings. The van der Waals surface area contributed by atoms with Gasteiger partial charge in [-0.1, -0.05) is 11.6 Å². The maximum absolute atomic E-state index is 12.9. The number of hydrogen-bond acceptors (Lipinski definition) is 1. The highest BCUT2D eigenvalue weighted by molar-refractivity contribution is 6.36. The highest BCUT2D eigenvalue weighted by atomic mass is 35.5. The minimum absolute atomic E-state index is 0.248. The quantitative estimate of drug-likeness (QED) is 0.693. The van der Waals surface area contributed by atoms with Crippen LogP contribution in [-0.4, -0.2) is 9.97 Å². The molecule has 0 radical (unpaired) electrons. The molecule has 2 heterocycles. The van der Waals surface area contributed by atoms with Gasteiger partial charge >= 0.3 is 0 Å². The Labute approximate surface area is 108 Å². The molecule has 0 aliphatic carbocycles. The van der Waals surface area contributed by atoms with Gasteiger partial charge < -0.3 is 4.98 Å². The molecule has 0 bridgehead atoms. The van der Waals surface area contributed by atoms with Gasteiger partial charge in [-0.2, -0.15) is 0 Å². The van der Waals surface area contributed by atoms with Gasteiger partial charge in [-0.3, -0.25) is 0 Å². The third-order valence-electron chi connectivity index (χ3n) is 2.92. The van der Waals surface area contributed by atoms with Crippen LogP contribution in [-0.2, 0) is 0 Å². The summed E-state index contributed by atoms with van der Waals surface area (Å²) in [5.74, 6) is -0.248. The number of aromatic amines is 1. The average molecular weight is 261 g/mol. The summed E-state index contributed by atoms with van der Waals surface area (Å²) in [4.78, 5) is 7.47. The van der Waals surface area contributed by atoms with Crippen molar-refractivity contribution in [2.45, 2.75) is 6.92 Å². The number of hydrogen-bond donors (Lipinski definition) is 1. The summed E-state index contributed by atoms with van der Waals surface area (Å²) in [6.07, 6.45) is 1.73. The van der Waals surface area contributed by atoms with E-state index in [-0.39, 0.29) is 5.82 Å². The maximum Gasteiger partial charge on any atom is 0.139 e. The minimum Gasteiger partial charge on any atom is -0.339 e. The van der Waals surface area contributed by atoms with Crippen molar-refractivity contribution >= 4 is 22.6 Å². The van der Waals surface area contributed by atoms with Gasteiger partial charge in [0.2, 0.25) is 0 Å². The minimum atomic E-state index is -0.248. The monoisotopic (exact) mass is 260 g/mol. The molecule has 18 heavy (non-hydrogen) atoms. The SMILES string of the molecule is Cc1cnc2[nH]c(-c3ccc(F)cc3)cc2c1Cl. The number of benzene rings is 1. The number of aromatic nitrogens is 2. The largest absolute Gasteiger partial charge is 0.339 e. The molecule has 2 nitrogen and oxygen atoms in total. The van der Waals surface area contributed by atoms with Crippen molar-refractivity contribution < 1.29 is 4.39 Å². The van der Waals surface area contributed by atoms with E-state index in [9.17, 15) is 4.39 Å². The molecule has 0 unspecified atom stereocenters. The number of pyridine rings is 1. The Bertz CT molecular complexity index is 716. The van der Waals surface area contributed by atoms with E-state index in [0.29, 0.717) is 5.02 Å². The molecule has 0 aliphatic rings. The first-order chi connectivity index (χ1) is 8.65. The zero-order chi connectivity index (χ0) is 12.7. The topological polar surface area (TPSA) is 28.7 Å². The highest BCUT2D eigenvalue weighted by Crippen LogP contribution is 2.29. The van der Waals surface area contributed by atoms with E-state index in [1.807, 2.05) is 13.0 Å². The second-order valence-corrected chi connectivity index (χ2v) is 4.59. The Morgan fingerprint density at radius 3 is 2.67 bits per heavy atom. The predicted molar refractivity (Wildman–Crippen MR) is 71.2 cm³/mol. The lowest BCUT2D eigenvalue weighted by Crippen LogP contribution is -1.81. The number of nitrogens with one attached hydrogen (secondary N) is 1. The molecule has 0 fully saturated rings. The van der Waals surface area contributed by atoms with Gasteiger partial charge in [0, 0.05) is 17.3 Å². The van der Waals surface area contributed by atoms with E-state index in [2.05, 4.69) is 9.97 Å². The van der Waals surface area contributed by atoms with Crippen LogP contribution in [0.25, 0.3) is 22.3 Å². The zero-order valence-electron chi connectivity index (χ0n) is 9.67. The predicted octanol–water partition coefficient (Wildman–Crippen LogP) is 4.33. The molecule has 2 aromatic heterocycles. The molecule has 0 amide bonds. The van der Waals surface area contributed by atoms with Crippen LogP contribution in [0.15, 0.2) is 36.5 Å². The van der Waals surface area contributed by atoms with E-state index >= 15 is 0 Å². The number of nitrogens with zero attached hydrogens (tertiary/aromatic N) is 1. The fraction of sp³-hybridized carbons (Fsp3) is 0.0714. The van der Waals surface area contributed by atoms with Crippen LogP contribution in [0, 0.1) is 12.7 Å². The van der Waals surface area contributed by atoms with Gasteiger partial charge in [0.15, 0.2) is 0 Å². The van der Waals surface area contributed by atoms with Crippen LogP contribution in [0.5, 0.6) is 0 Å². The zero-order valence-corrected chi connectivity index (χ0v) is 10.4. The highest BCUT2D eigenvalue weighted by Gasteiger charge is 2.09. The van der Waals surface area contributed by atoms with Gasteiger partial charge in [-0.25, -0.2) is 9.37 Å². The molecule has 0 spiro atoms.